The fraction of sp³-hybridized carbons (Fsp3) is 0.659. The molecule has 4 aliphatic rings. The Morgan fingerprint density at radius 3 is 2.24 bits per heavy atom. The number of benzene rings is 2. The van der Waals surface area contributed by atoms with Crippen LogP contribution in [0.3, 0.4) is 0 Å². The molecule has 3 saturated carbocycles. The number of aliphatic carboxylic acids is 1. The average Bonchev–Trinajstić information content (AvgIpc) is 3.35. The fourth-order valence-corrected chi connectivity index (χ4v) is 10.5. The van der Waals surface area contributed by atoms with Crippen molar-refractivity contribution in [3.63, 3.8) is 0 Å². The molecule has 55 heavy (non-hydrogen) atoms. The zero-order chi connectivity index (χ0) is 41.3. The highest BCUT2D eigenvalue weighted by Crippen LogP contribution is 2.61. The predicted molar refractivity (Wildman–Crippen MR) is 207 cm³/mol. The number of alkyl halides is 3. The third-order valence-corrected chi connectivity index (χ3v) is 13.7. The summed E-state index contributed by atoms with van der Waals surface area (Å²) in [5, 5.41) is 21.2. The van der Waals surface area contributed by atoms with E-state index in [4.69, 9.17) is 9.90 Å². The number of hydrogen-bond donors (Lipinski definition) is 3. The maximum absolute atomic E-state index is 13.7. The summed E-state index contributed by atoms with van der Waals surface area (Å²) in [5.74, 6) is -1.01. The van der Waals surface area contributed by atoms with E-state index in [9.17, 15) is 31.5 Å². The summed E-state index contributed by atoms with van der Waals surface area (Å²) in [5.41, 5.74) is 4.38. The number of nitrogens with one attached hydrogen (secondary N) is 1. The van der Waals surface area contributed by atoms with Gasteiger partial charge in [-0.1, -0.05) is 83.5 Å². The third kappa shape index (κ3) is 11.4. The molecule has 1 aliphatic heterocycles. The summed E-state index contributed by atoms with van der Waals surface area (Å²) in [6, 6.07) is 13.5. The summed E-state index contributed by atoms with van der Waals surface area (Å²) < 4.78 is 59.9. The number of likely N-dealkylation sites (N-methyl/N-ethyl adjacent to an activating group) is 1. The molecule has 10 nitrogen and oxygen atoms in total. The van der Waals surface area contributed by atoms with E-state index in [1.165, 1.54) is 10.7 Å². The number of carboxylic acid groups (broad SMARTS) is 1. The number of phenols is 1. The van der Waals surface area contributed by atoms with Crippen molar-refractivity contribution in [2.45, 2.75) is 118 Å². The number of carbonyl (C=O) groups excluding carboxylic acids is 1. The first-order chi connectivity index (χ1) is 25.3. The van der Waals surface area contributed by atoms with Crippen LogP contribution < -0.4 is 5.32 Å². The van der Waals surface area contributed by atoms with Gasteiger partial charge in [0.05, 0.1) is 5.75 Å². The number of halogens is 3. The van der Waals surface area contributed by atoms with Crippen LogP contribution in [0, 0.1) is 35.5 Å². The van der Waals surface area contributed by atoms with Gasteiger partial charge in [-0.3, -0.25) is 9.69 Å². The Morgan fingerprint density at radius 2 is 1.67 bits per heavy atom. The van der Waals surface area contributed by atoms with E-state index in [1.807, 2.05) is 25.1 Å². The Bertz CT molecular complexity index is 1780. The molecule has 0 radical (unpaired) electrons. The number of carboxylic acids is 1. The van der Waals surface area contributed by atoms with Crippen LogP contribution in [0.15, 0.2) is 42.5 Å². The lowest BCUT2D eigenvalue weighted by Crippen LogP contribution is -2.61. The van der Waals surface area contributed by atoms with Gasteiger partial charge in [-0.15, -0.1) is 0 Å². The number of rotatable bonds is 12. The number of aromatic hydroxyl groups is 1. The van der Waals surface area contributed by atoms with E-state index in [2.05, 4.69) is 89.0 Å². The molecule has 1 heterocycles. The second kappa shape index (κ2) is 17.1. The van der Waals surface area contributed by atoms with Crippen LogP contribution in [0.5, 0.6) is 5.75 Å². The molecular weight excluding hydrogens is 734 g/mol. The van der Waals surface area contributed by atoms with Crippen molar-refractivity contribution in [3.8, 4) is 5.75 Å². The van der Waals surface area contributed by atoms with Gasteiger partial charge in [-0.05, 0) is 92.5 Å². The van der Waals surface area contributed by atoms with Gasteiger partial charge in [0.1, 0.15) is 11.8 Å². The smallest absolute Gasteiger partial charge is 0.490 e. The van der Waals surface area contributed by atoms with E-state index >= 15 is 0 Å². The highest BCUT2D eigenvalue weighted by molar-refractivity contribution is 7.89. The van der Waals surface area contributed by atoms with Crippen LogP contribution in [0.1, 0.15) is 89.5 Å². The number of hydrogen-bond acceptors (Lipinski definition) is 7. The lowest BCUT2D eigenvalue weighted by molar-refractivity contribution is -0.192. The quantitative estimate of drug-likeness (QED) is 0.214. The SMILES string of the molecule is Cc1ccc(O)c(CN(Cc2cccc(CN3C(C(=O)N[C@H]4C[C@H]5C[C@@H]([C@@H]4C)C5(C)C)CCS3(=O)=O)c2)[C@H](CN(C)C)CC(C)(C)C)c1.O=C(O)C(F)(F)F. The number of carbonyl (C=O) groups is 2. The lowest BCUT2D eigenvalue weighted by atomic mass is 9.45. The highest BCUT2D eigenvalue weighted by Gasteiger charge is 2.57. The van der Waals surface area contributed by atoms with Gasteiger partial charge in [0, 0.05) is 43.8 Å². The average molecular weight is 795 g/mol. The van der Waals surface area contributed by atoms with Crippen LogP contribution in [-0.2, 0) is 39.2 Å². The Morgan fingerprint density at radius 1 is 1.04 bits per heavy atom. The van der Waals surface area contributed by atoms with E-state index < -0.39 is 28.2 Å². The van der Waals surface area contributed by atoms with Gasteiger partial charge in [-0.2, -0.15) is 17.5 Å². The molecule has 14 heteroatoms. The first-order valence-corrected chi connectivity index (χ1v) is 20.7. The summed E-state index contributed by atoms with van der Waals surface area (Å²) in [6.07, 6.45) is -1.59. The van der Waals surface area contributed by atoms with Crippen molar-refractivity contribution in [1.29, 1.82) is 0 Å². The van der Waals surface area contributed by atoms with Crippen LogP contribution in [0.25, 0.3) is 0 Å². The fourth-order valence-electron chi connectivity index (χ4n) is 8.86. The second-order valence-corrected chi connectivity index (χ2v) is 20.1. The molecule has 6 atom stereocenters. The van der Waals surface area contributed by atoms with Crippen molar-refractivity contribution in [2.75, 3.05) is 26.4 Å². The molecule has 0 spiro atoms. The van der Waals surface area contributed by atoms with Gasteiger partial charge in [0.25, 0.3) is 0 Å². The molecule has 1 unspecified atom stereocenters. The minimum Gasteiger partial charge on any atom is -0.508 e. The van der Waals surface area contributed by atoms with Crippen molar-refractivity contribution in [2.24, 2.45) is 28.6 Å². The van der Waals surface area contributed by atoms with Crippen molar-refractivity contribution in [3.05, 3.63) is 64.7 Å². The van der Waals surface area contributed by atoms with Crippen LogP contribution >= 0.6 is 0 Å². The van der Waals surface area contributed by atoms with Crippen LogP contribution in [0.2, 0.25) is 0 Å². The Balaban J connectivity index is 0.000000876. The number of aryl methyl sites for hydroxylation is 1. The largest absolute Gasteiger partial charge is 0.508 e. The number of sulfonamides is 1. The number of amides is 1. The van der Waals surface area contributed by atoms with E-state index in [-0.39, 0.29) is 35.7 Å². The van der Waals surface area contributed by atoms with Crippen LogP contribution in [0.4, 0.5) is 13.2 Å². The molecule has 0 aromatic heterocycles. The molecular formula is C41H61F3N4O6S. The number of fused-ring (bicyclic) bond motifs is 2. The summed E-state index contributed by atoms with van der Waals surface area (Å²) in [6.45, 7) is 18.0. The molecule has 308 valence electrons. The number of phenolic OH excluding ortho intramolecular Hbond substituents is 1. The van der Waals surface area contributed by atoms with Gasteiger partial charge < -0.3 is 20.4 Å². The first kappa shape index (κ1) is 44.5. The maximum Gasteiger partial charge on any atom is 0.490 e. The molecule has 4 fully saturated rings. The Labute approximate surface area is 325 Å². The lowest BCUT2D eigenvalue weighted by Gasteiger charge is -2.62. The predicted octanol–water partition coefficient (Wildman–Crippen LogP) is 6.79. The molecule has 2 bridgehead atoms. The molecule has 6 rings (SSSR count). The van der Waals surface area contributed by atoms with E-state index in [0.29, 0.717) is 48.4 Å². The highest BCUT2D eigenvalue weighted by atomic mass is 32.2. The summed E-state index contributed by atoms with van der Waals surface area (Å²) >= 11 is 0. The molecule has 2 aromatic carbocycles. The standard InChI is InChI=1S/C39H60N4O4S.C2HF3O2/c1-26-13-14-36(44)30(17-26)24-42(32(25-41(8)9)21-38(3,4)5)22-28-11-10-12-29(18-28)23-43-35(15-16-48(43,46)47)37(45)40-34-20-31-19-33(27(34)2)39(31,6)7;3-2(4,5)1(6)7/h10-14,17-18,27,31-35,44H,15-16,19-25H2,1-9H3,(H,40,45);(H,6,7)/t27-,31+,32-,33-,34-,35?;/m0./s1. The molecule has 1 amide bonds. The van der Waals surface area contributed by atoms with Crippen molar-refractivity contribution < 1.29 is 41.4 Å². The van der Waals surface area contributed by atoms with Gasteiger partial charge in [0.2, 0.25) is 15.9 Å². The minimum atomic E-state index is -5.08. The summed E-state index contributed by atoms with van der Waals surface area (Å²) in [4.78, 5) is 27.3. The molecule has 3 aliphatic carbocycles. The van der Waals surface area contributed by atoms with Gasteiger partial charge in [-0.25, -0.2) is 13.2 Å². The van der Waals surface area contributed by atoms with Crippen LogP contribution in [-0.4, -0.2) is 95.3 Å². The first-order valence-electron chi connectivity index (χ1n) is 19.1. The zero-order valence-electron chi connectivity index (χ0n) is 33.8. The minimum absolute atomic E-state index is 0.00391. The van der Waals surface area contributed by atoms with E-state index in [1.54, 1.807) is 6.07 Å². The van der Waals surface area contributed by atoms with Crippen molar-refractivity contribution >= 4 is 21.9 Å². The number of nitrogens with zero attached hydrogens (tertiary/aromatic N) is 3. The summed E-state index contributed by atoms with van der Waals surface area (Å²) in [7, 11) is 0.636. The second-order valence-electron chi connectivity index (χ2n) is 18.1. The van der Waals surface area contributed by atoms with E-state index in [0.717, 1.165) is 41.6 Å². The monoisotopic (exact) mass is 794 g/mol. The van der Waals surface area contributed by atoms with Gasteiger partial charge >= 0.3 is 12.1 Å². The topological polar surface area (TPSA) is 130 Å². The Hall–Kier alpha value is -3.20. The van der Waals surface area contributed by atoms with Crippen molar-refractivity contribution in [1.82, 2.24) is 19.4 Å². The van der Waals surface area contributed by atoms with Gasteiger partial charge in [0.15, 0.2) is 0 Å². The zero-order valence-corrected chi connectivity index (χ0v) is 34.6. The maximum atomic E-state index is 13.7. The normalized spacial score (nSPS) is 25.2. The molecule has 2 aromatic rings. The third-order valence-electron chi connectivity index (χ3n) is 11.8. The molecule has 3 N–H and O–H groups in total. The Kier molecular flexibility index (Phi) is 13.9. The molecule has 1 saturated heterocycles.